The van der Waals surface area contributed by atoms with Crippen LogP contribution >= 0.6 is 0 Å². The predicted octanol–water partition coefficient (Wildman–Crippen LogP) is 5.27. The van der Waals surface area contributed by atoms with Gasteiger partial charge in [-0.05, 0) is 124 Å². The van der Waals surface area contributed by atoms with Gasteiger partial charge in [-0.1, -0.05) is 81.3 Å². The van der Waals surface area contributed by atoms with E-state index in [1.54, 1.807) is 0 Å². The Morgan fingerprint density at radius 1 is 0.811 bits per heavy atom. The highest BCUT2D eigenvalue weighted by Gasteiger charge is 2.29. The molecule has 1 aromatic heterocycles. The lowest BCUT2D eigenvalue weighted by Crippen LogP contribution is -2.54. The first-order valence-electron chi connectivity index (χ1n) is 26.9. The van der Waals surface area contributed by atoms with E-state index in [0.29, 0.717) is 62.9 Å². The quantitative estimate of drug-likeness (QED) is 0.0403. The second-order valence-corrected chi connectivity index (χ2v) is 20.7. The maximum absolute atomic E-state index is 14.0. The Labute approximate surface area is 438 Å². The SMILES string of the molecule is CCN(c1cc(-c2ccc(CN3CCN(CC(=O)NCCCCCCNC(=O)C(CC(C)C)NC(=O)[C@@H](O)[C@H](N)Cc4ccccc4)CC3)cc2)cc(C(=O)NCc2c(C)cc(C)[nH]c2=O)c1C)C1CCOCC1. The molecule has 4 aromatic rings. The smallest absolute Gasteiger partial charge is 0.253 e. The summed E-state index contributed by atoms with van der Waals surface area (Å²) in [6.07, 6.45) is 4.58. The van der Waals surface area contributed by atoms with Crippen molar-refractivity contribution in [2.75, 3.05) is 70.5 Å². The number of ether oxygens (including phenoxy) is 1. The summed E-state index contributed by atoms with van der Waals surface area (Å²) in [7, 11) is 0. The Morgan fingerprint density at radius 2 is 1.47 bits per heavy atom. The first-order valence-corrected chi connectivity index (χ1v) is 26.9. The number of rotatable bonds is 26. The second-order valence-electron chi connectivity index (χ2n) is 20.7. The van der Waals surface area contributed by atoms with Crippen molar-refractivity contribution in [1.29, 1.82) is 0 Å². The summed E-state index contributed by atoms with van der Waals surface area (Å²) >= 11 is 0. The molecule has 2 aliphatic heterocycles. The number of aryl methyl sites for hydroxylation is 2. The zero-order valence-electron chi connectivity index (χ0n) is 44.8. The number of H-pyrrole nitrogens is 1. The zero-order chi connectivity index (χ0) is 53.1. The number of anilines is 1. The minimum atomic E-state index is -1.44. The molecule has 16 nitrogen and oxygen atoms in total. The van der Waals surface area contributed by atoms with Gasteiger partial charge in [0.1, 0.15) is 12.1 Å². The van der Waals surface area contributed by atoms with E-state index in [0.717, 1.165) is 117 Å². The van der Waals surface area contributed by atoms with Gasteiger partial charge in [0.05, 0.1) is 6.54 Å². The molecule has 2 aliphatic rings. The number of nitrogens with one attached hydrogen (secondary N) is 5. The van der Waals surface area contributed by atoms with Gasteiger partial charge in [-0.15, -0.1) is 0 Å². The molecule has 16 heteroatoms. The number of amides is 4. The number of nitrogens with two attached hydrogens (primary N) is 1. The lowest BCUT2D eigenvalue weighted by Gasteiger charge is -2.37. The van der Waals surface area contributed by atoms with Gasteiger partial charge in [0.2, 0.25) is 11.8 Å². The van der Waals surface area contributed by atoms with Crippen LogP contribution in [-0.4, -0.2) is 133 Å². The van der Waals surface area contributed by atoms with Crippen LogP contribution in [0, 0.1) is 26.7 Å². The molecule has 3 aromatic carbocycles. The number of benzene rings is 3. The molecule has 0 spiro atoms. The van der Waals surface area contributed by atoms with Crippen molar-refractivity contribution in [2.24, 2.45) is 11.7 Å². The van der Waals surface area contributed by atoms with Crippen LogP contribution in [0.5, 0.6) is 0 Å². The van der Waals surface area contributed by atoms with Gasteiger partial charge in [0.15, 0.2) is 0 Å². The molecule has 6 rings (SSSR count). The van der Waals surface area contributed by atoms with Crippen LogP contribution in [0.2, 0.25) is 0 Å². The van der Waals surface area contributed by atoms with E-state index in [1.807, 2.05) is 77.1 Å². The number of hydrogen-bond donors (Lipinski definition) is 7. The van der Waals surface area contributed by atoms with Crippen molar-refractivity contribution >= 4 is 29.3 Å². The number of aromatic amines is 1. The third-order valence-corrected chi connectivity index (χ3v) is 14.4. The highest BCUT2D eigenvalue weighted by atomic mass is 16.5. The highest BCUT2D eigenvalue weighted by molar-refractivity contribution is 5.99. The van der Waals surface area contributed by atoms with E-state index >= 15 is 0 Å². The molecule has 2 saturated heterocycles. The fraction of sp³-hybridized carbons (Fsp3) is 0.534. The van der Waals surface area contributed by atoms with Gasteiger partial charge in [-0.3, -0.25) is 33.8 Å². The lowest BCUT2D eigenvalue weighted by molar-refractivity contribution is -0.135. The number of aliphatic hydroxyl groups is 1. The number of nitrogens with zero attached hydrogens (tertiary/aromatic N) is 3. The zero-order valence-corrected chi connectivity index (χ0v) is 44.8. The van der Waals surface area contributed by atoms with E-state index in [2.05, 4.69) is 78.2 Å². The van der Waals surface area contributed by atoms with Gasteiger partial charge in [-0.2, -0.15) is 0 Å². The Hall–Kier alpha value is -5.91. The van der Waals surface area contributed by atoms with E-state index in [4.69, 9.17) is 10.5 Å². The number of unbranched alkanes of at least 4 members (excludes halogenated alkanes) is 3. The Bertz CT molecular complexity index is 2500. The van der Waals surface area contributed by atoms with Crippen molar-refractivity contribution in [3.05, 3.63) is 122 Å². The molecule has 3 heterocycles. The number of carbonyl (C=O) groups is 4. The molecule has 4 amide bonds. The highest BCUT2D eigenvalue weighted by Crippen LogP contribution is 2.34. The van der Waals surface area contributed by atoms with Crippen molar-refractivity contribution in [2.45, 2.75) is 130 Å². The summed E-state index contributed by atoms with van der Waals surface area (Å²) in [4.78, 5) is 75.5. The maximum atomic E-state index is 14.0. The Kier molecular flexibility index (Phi) is 22.2. The molecule has 0 bridgehead atoms. The molecule has 0 aliphatic carbocycles. The normalized spacial score (nSPS) is 15.8. The molecule has 74 heavy (non-hydrogen) atoms. The summed E-state index contributed by atoms with van der Waals surface area (Å²) in [5, 5.41) is 22.4. The number of aliphatic hydroxyl groups excluding tert-OH is 1. The van der Waals surface area contributed by atoms with Gasteiger partial charge >= 0.3 is 0 Å². The molecule has 2 fully saturated rings. The van der Waals surface area contributed by atoms with Crippen molar-refractivity contribution in [3.8, 4) is 11.1 Å². The van der Waals surface area contributed by atoms with Crippen LogP contribution in [0.15, 0.2) is 77.6 Å². The van der Waals surface area contributed by atoms with E-state index < -0.39 is 24.1 Å². The topological polar surface area (TPSA) is 214 Å². The first-order chi connectivity index (χ1) is 35.6. The van der Waals surface area contributed by atoms with E-state index in [-0.39, 0.29) is 35.7 Å². The second kappa shape index (κ2) is 28.7. The van der Waals surface area contributed by atoms with Gasteiger partial charge in [-0.25, -0.2) is 0 Å². The number of carbonyl (C=O) groups excluding carboxylic acids is 4. The predicted molar refractivity (Wildman–Crippen MR) is 293 cm³/mol. The summed E-state index contributed by atoms with van der Waals surface area (Å²) in [6.45, 7) is 19.8. The third-order valence-electron chi connectivity index (χ3n) is 14.4. The lowest BCUT2D eigenvalue weighted by atomic mass is 9.94. The average Bonchev–Trinajstić information content (AvgIpc) is 3.38. The van der Waals surface area contributed by atoms with Gasteiger partial charge in [0.25, 0.3) is 17.4 Å². The summed E-state index contributed by atoms with van der Waals surface area (Å²) in [5.41, 5.74) is 14.8. The van der Waals surface area contributed by atoms with Crippen molar-refractivity contribution < 1.29 is 29.0 Å². The maximum Gasteiger partial charge on any atom is 0.253 e. The number of aromatic nitrogens is 1. The van der Waals surface area contributed by atoms with Gasteiger partial charge in [0, 0.05) is 107 Å². The largest absolute Gasteiger partial charge is 0.382 e. The minimum absolute atomic E-state index is 0.0250. The van der Waals surface area contributed by atoms with E-state index in [1.165, 1.54) is 5.56 Å². The molecular weight excluding hydrogens is 935 g/mol. The van der Waals surface area contributed by atoms with Crippen LogP contribution < -0.4 is 37.5 Å². The number of pyridine rings is 1. The summed E-state index contributed by atoms with van der Waals surface area (Å²) < 4.78 is 5.70. The Morgan fingerprint density at radius 3 is 2.12 bits per heavy atom. The molecule has 8 N–H and O–H groups in total. The van der Waals surface area contributed by atoms with Crippen LogP contribution in [0.4, 0.5) is 5.69 Å². The summed E-state index contributed by atoms with van der Waals surface area (Å²) in [6, 6.07) is 22.9. The standard InChI is InChI=1S/C58H83N9O7/c1-7-67(47-21-29-74-30-22-47)52-35-46(34-48(42(52)6)55(70)62-36-49-40(4)32-41(5)63-56(49)71)45-19-17-44(18-20-45)37-65-25-27-66(28-26-65)38-53(68)60-23-13-8-9-14-24-61-57(72)51(31-39(2)3)64-58(73)54(69)50(59)33-43-15-11-10-12-16-43/h10-12,15-20,32,34-35,39,47,50-51,54,69H,7-9,13-14,21-31,33,36-38,59H2,1-6H3,(H,60,68)(H,61,72)(H,62,70)(H,63,71)(H,64,73)/t50-,51?,54+/m1/s1. The molecule has 0 saturated carbocycles. The monoisotopic (exact) mass is 1020 g/mol. The molecule has 0 radical (unpaired) electrons. The van der Waals surface area contributed by atoms with Crippen LogP contribution in [0.25, 0.3) is 11.1 Å². The molecule has 402 valence electrons. The minimum Gasteiger partial charge on any atom is -0.382 e. The number of hydrogen-bond acceptors (Lipinski definition) is 11. The first kappa shape index (κ1) is 57.4. The number of piperazine rings is 1. The molecule has 3 atom stereocenters. The van der Waals surface area contributed by atoms with Gasteiger partial charge < -0.3 is 46.7 Å². The fourth-order valence-electron chi connectivity index (χ4n) is 10.1. The van der Waals surface area contributed by atoms with Crippen molar-refractivity contribution in [1.82, 2.24) is 36.1 Å². The summed E-state index contributed by atoms with van der Waals surface area (Å²) in [5.74, 6) is -0.970. The molecular formula is C58H83N9O7. The van der Waals surface area contributed by atoms with E-state index in [9.17, 15) is 29.1 Å². The third kappa shape index (κ3) is 17.1. The fourth-order valence-corrected chi connectivity index (χ4v) is 10.1. The molecule has 1 unspecified atom stereocenters. The van der Waals surface area contributed by atoms with Crippen LogP contribution in [0.1, 0.15) is 110 Å². The Balaban J connectivity index is 0.910. The van der Waals surface area contributed by atoms with Crippen LogP contribution in [0.3, 0.4) is 0 Å². The average molecular weight is 1020 g/mol. The van der Waals surface area contributed by atoms with Crippen LogP contribution in [-0.2, 0) is 38.6 Å². The van der Waals surface area contributed by atoms with Crippen molar-refractivity contribution in [3.63, 3.8) is 0 Å².